The Kier molecular flexibility index (Phi) is 11.2. The van der Waals surface area contributed by atoms with Gasteiger partial charge in [-0.2, -0.15) is 5.10 Å². The smallest absolute Gasteiger partial charge is 0.329 e. The monoisotopic (exact) mass is 608 g/mol. The Bertz CT molecular complexity index is 1130. The highest BCUT2D eigenvalue weighted by Gasteiger charge is 2.16. The first kappa shape index (κ1) is 29.1. The third kappa shape index (κ3) is 8.51. The third-order valence-electron chi connectivity index (χ3n) is 5.20. The van der Waals surface area contributed by atoms with Crippen LogP contribution in [0.4, 0.5) is 5.69 Å². The predicted octanol–water partition coefficient (Wildman–Crippen LogP) is 4.00. The van der Waals surface area contributed by atoms with Gasteiger partial charge in [0.1, 0.15) is 0 Å². The van der Waals surface area contributed by atoms with Crippen LogP contribution in [-0.4, -0.2) is 43.2 Å². The van der Waals surface area contributed by atoms with Crippen molar-refractivity contribution in [2.24, 2.45) is 5.10 Å². The highest BCUT2D eigenvalue weighted by Crippen LogP contribution is 2.34. The maximum Gasteiger partial charge on any atom is 0.329 e. The Morgan fingerprint density at radius 1 is 1.03 bits per heavy atom. The largest absolute Gasteiger partial charge is 0.490 e. The molecule has 1 atom stereocenters. The quantitative estimate of drug-likeness (QED) is 0.163. The number of rotatable bonds is 10. The SMILES string of the molecule is CCOc1cc(/C=N\NC(=O)C(=O)N[C@H](C)CC)cc(I)c1OCC(=O)Nc1c(C)cc(C)cc1C. The number of nitrogens with one attached hydrogen (secondary N) is 3. The van der Waals surface area contributed by atoms with E-state index in [1.807, 2.05) is 53.7 Å². The molecule has 0 aromatic heterocycles. The van der Waals surface area contributed by atoms with Gasteiger partial charge in [-0.25, -0.2) is 5.43 Å². The van der Waals surface area contributed by atoms with Crippen LogP contribution in [0.2, 0.25) is 0 Å². The van der Waals surface area contributed by atoms with Crippen LogP contribution in [0.25, 0.3) is 0 Å². The van der Waals surface area contributed by atoms with Crippen molar-refractivity contribution in [3.63, 3.8) is 0 Å². The van der Waals surface area contributed by atoms with Crippen LogP contribution in [0, 0.1) is 24.3 Å². The van der Waals surface area contributed by atoms with Crippen LogP contribution < -0.4 is 25.5 Å². The summed E-state index contributed by atoms with van der Waals surface area (Å²) in [6.45, 7) is 11.7. The van der Waals surface area contributed by atoms with Crippen LogP contribution in [0.1, 0.15) is 49.4 Å². The number of amides is 3. The fourth-order valence-corrected chi connectivity index (χ4v) is 4.14. The average molecular weight is 608 g/mol. The molecule has 0 fully saturated rings. The first-order chi connectivity index (χ1) is 17.0. The summed E-state index contributed by atoms with van der Waals surface area (Å²) in [7, 11) is 0. The van der Waals surface area contributed by atoms with Crippen molar-refractivity contribution < 1.29 is 23.9 Å². The minimum atomic E-state index is -0.851. The van der Waals surface area contributed by atoms with Gasteiger partial charge in [-0.15, -0.1) is 0 Å². The van der Waals surface area contributed by atoms with Crippen molar-refractivity contribution in [3.8, 4) is 11.5 Å². The second kappa shape index (κ2) is 13.8. The summed E-state index contributed by atoms with van der Waals surface area (Å²) in [4.78, 5) is 36.3. The van der Waals surface area contributed by atoms with E-state index in [2.05, 4.69) is 43.8 Å². The second-order valence-electron chi connectivity index (χ2n) is 8.36. The summed E-state index contributed by atoms with van der Waals surface area (Å²) in [5.74, 6) is -1.02. The summed E-state index contributed by atoms with van der Waals surface area (Å²) in [5, 5.41) is 9.35. The molecule has 3 amide bonds. The number of aryl methyl sites for hydroxylation is 3. The van der Waals surface area contributed by atoms with E-state index in [0.717, 1.165) is 22.4 Å². The zero-order valence-corrected chi connectivity index (χ0v) is 23.6. The average Bonchev–Trinajstić information content (AvgIpc) is 2.80. The normalized spacial score (nSPS) is 11.6. The molecule has 0 saturated heterocycles. The minimum Gasteiger partial charge on any atom is -0.490 e. The number of hydrogen-bond donors (Lipinski definition) is 3. The van der Waals surface area contributed by atoms with E-state index in [-0.39, 0.29) is 18.6 Å². The van der Waals surface area contributed by atoms with Crippen LogP contribution in [0.15, 0.2) is 29.4 Å². The number of hydrazone groups is 1. The number of carbonyl (C=O) groups is 3. The lowest BCUT2D eigenvalue weighted by atomic mass is 10.1. The highest BCUT2D eigenvalue weighted by atomic mass is 127. The molecule has 10 heteroatoms. The summed E-state index contributed by atoms with van der Waals surface area (Å²) >= 11 is 2.08. The molecule has 0 saturated carbocycles. The van der Waals surface area contributed by atoms with Crippen LogP contribution in [-0.2, 0) is 14.4 Å². The van der Waals surface area contributed by atoms with Crippen molar-refractivity contribution in [2.75, 3.05) is 18.5 Å². The molecule has 2 aromatic carbocycles. The fourth-order valence-electron chi connectivity index (χ4n) is 3.36. The number of benzene rings is 2. The van der Waals surface area contributed by atoms with Gasteiger partial charge in [0, 0.05) is 11.7 Å². The summed E-state index contributed by atoms with van der Waals surface area (Å²) in [6, 6.07) is 7.37. The highest BCUT2D eigenvalue weighted by molar-refractivity contribution is 14.1. The van der Waals surface area contributed by atoms with Gasteiger partial charge in [0.25, 0.3) is 5.91 Å². The molecule has 0 aliphatic carbocycles. The third-order valence-corrected chi connectivity index (χ3v) is 6.00. The maximum atomic E-state index is 12.6. The van der Waals surface area contributed by atoms with Gasteiger partial charge in [0.05, 0.1) is 16.4 Å². The van der Waals surface area contributed by atoms with E-state index in [9.17, 15) is 14.4 Å². The molecule has 0 aliphatic heterocycles. The number of anilines is 1. The summed E-state index contributed by atoms with van der Waals surface area (Å²) in [6.07, 6.45) is 2.11. The number of carbonyl (C=O) groups excluding carboxylic acids is 3. The Labute approximate surface area is 225 Å². The molecule has 0 radical (unpaired) electrons. The van der Waals surface area contributed by atoms with Gasteiger partial charge in [-0.1, -0.05) is 24.6 Å². The van der Waals surface area contributed by atoms with E-state index in [4.69, 9.17) is 9.47 Å². The molecule has 3 N–H and O–H groups in total. The molecule has 0 unspecified atom stereocenters. The number of nitrogens with zero attached hydrogens (tertiary/aromatic N) is 1. The molecule has 0 aliphatic rings. The van der Waals surface area contributed by atoms with E-state index >= 15 is 0 Å². The summed E-state index contributed by atoms with van der Waals surface area (Å²) in [5.41, 5.74) is 6.71. The number of ether oxygens (including phenoxy) is 2. The molecular weight excluding hydrogens is 575 g/mol. The van der Waals surface area contributed by atoms with Crippen molar-refractivity contribution in [2.45, 2.75) is 54.0 Å². The molecule has 194 valence electrons. The van der Waals surface area contributed by atoms with Crippen LogP contribution in [0.5, 0.6) is 11.5 Å². The van der Waals surface area contributed by atoms with Crippen molar-refractivity contribution >= 4 is 52.2 Å². The molecular formula is C26H33IN4O5. The van der Waals surface area contributed by atoms with Gasteiger partial charge in [0.15, 0.2) is 18.1 Å². The van der Waals surface area contributed by atoms with E-state index in [1.54, 1.807) is 12.1 Å². The number of hydrogen-bond acceptors (Lipinski definition) is 6. The lowest BCUT2D eigenvalue weighted by Crippen LogP contribution is -2.41. The number of halogens is 1. The van der Waals surface area contributed by atoms with Crippen LogP contribution >= 0.6 is 22.6 Å². The second-order valence-corrected chi connectivity index (χ2v) is 9.52. The minimum absolute atomic E-state index is 0.109. The molecule has 2 rings (SSSR count). The first-order valence-corrected chi connectivity index (χ1v) is 12.7. The molecule has 36 heavy (non-hydrogen) atoms. The zero-order chi connectivity index (χ0) is 26.8. The molecule has 0 bridgehead atoms. The van der Waals surface area contributed by atoms with E-state index < -0.39 is 11.8 Å². The predicted molar refractivity (Wildman–Crippen MR) is 149 cm³/mol. The van der Waals surface area contributed by atoms with Crippen molar-refractivity contribution in [3.05, 3.63) is 50.1 Å². The lowest BCUT2D eigenvalue weighted by Gasteiger charge is -2.16. The van der Waals surface area contributed by atoms with Crippen molar-refractivity contribution in [1.29, 1.82) is 0 Å². The Balaban J connectivity index is 2.08. The first-order valence-electron chi connectivity index (χ1n) is 11.7. The van der Waals surface area contributed by atoms with E-state index in [1.165, 1.54) is 6.21 Å². The van der Waals surface area contributed by atoms with Gasteiger partial charge in [0.2, 0.25) is 0 Å². The van der Waals surface area contributed by atoms with Gasteiger partial charge in [-0.05, 0) is 92.5 Å². The fraction of sp³-hybridized carbons (Fsp3) is 0.385. The Morgan fingerprint density at radius 2 is 1.69 bits per heavy atom. The standard InChI is InChI=1S/C26H33IN4O5/c1-7-18(6)29-25(33)26(34)31-28-13-19-11-20(27)24(21(12-19)35-8-2)36-14-22(32)30-23-16(4)9-15(3)10-17(23)5/h9-13,18H,7-8,14H2,1-6H3,(H,29,33)(H,30,32)(H,31,34)/b28-13-/t18-/m1/s1. The van der Waals surface area contributed by atoms with Gasteiger partial charge in [-0.3, -0.25) is 14.4 Å². The maximum absolute atomic E-state index is 12.6. The molecule has 0 heterocycles. The topological polar surface area (TPSA) is 118 Å². The lowest BCUT2D eigenvalue weighted by molar-refractivity contribution is -0.139. The van der Waals surface area contributed by atoms with E-state index in [0.29, 0.717) is 33.7 Å². The van der Waals surface area contributed by atoms with Gasteiger partial charge < -0.3 is 20.1 Å². The van der Waals surface area contributed by atoms with Crippen molar-refractivity contribution in [1.82, 2.24) is 10.7 Å². The molecule has 9 nitrogen and oxygen atoms in total. The van der Waals surface area contributed by atoms with Gasteiger partial charge >= 0.3 is 11.8 Å². The Hall–Kier alpha value is -3.15. The molecule has 0 spiro atoms. The Morgan fingerprint density at radius 3 is 2.31 bits per heavy atom. The molecule has 2 aromatic rings. The summed E-state index contributed by atoms with van der Waals surface area (Å²) < 4.78 is 12.2. The van der Waals surface area contributed by atoms with Crippen LogP contribution in [0.3, 0.4) is 0 Å². The zero-order valence-electron chi connectivity index (χ0n) is 21.5.